The minimum atomic E-state index is -0.559. The Kier molecular flexibility index (Phi) is 5.33. The van der Waals surface area contributed by atoms with E-state index in [1.165, 1.54) is 11.6 Å². The van der Waals surface area contributed by atoms with Gasteiger partial charge in [0.05, 0.1) is 5.69 Å². The zero-order valence-corrected chi connectivity index (χ0v) is 15.9. The number of hydroxylamine groups is 1. The first kappa shape index (κ1) is 19.2. The van der Waals surface area contributed by atoms with Crippen LogP contribution in [-0.2, 0) is 21.7 Å². The molecule has 0 aromatic heterocycles. The number of hydrogen-bond acceptors (Lipinski definition) is 5. The maximum Gasteiger partial charge on any atom is 0.412 e. The number of fused-ring (bicyclic) bond motifs is 2. The fourth-order valence-electron chi connectivity index (χ4n) is 4.00. The molecule has 4 rings (SSSR count). The molecule has 2 heterocycles. The van der Waals surface area contributed by atoms with Crippen molar-refractivity contribution < 1.29 is 19.5 Å². The van der Waals surface area contributed by atoms with Crippen LogP contribution in [0.1, 0.15) is 29.5 Å². The molecule has 2 amide bonds. The molecular formula is C22H23N3O4. The summed E-state index contributed by atoms with van der Waals surface area (Å²) in [6.45, 7) is 2.48. The lowest BCUT2D eigenvalue weighted by molar-refractivity contribution is -0.124. The van der Waals surface area contributed by atoms with E-state index < -0.39 is 11.5 Å². The van der Waals surface area contributed by atoms with Gasteiger partial charge in [-0.15, -0.1) is 0 Å². The Morgan fingerprint density at radius 3 is 2.62 bits per heavy atom. The number of nitrogens with one attached hydrogen (secondary N) is 2. The molecule has 2 aromatic rings. The number of para-hydroxylation sites is 1. The van der Waals surface area contributed by atoms with Crippen molar-refractivity contribution >= 4 is 23.8 Å². The fraction of sp³-hybridized carbons (Fsp3) is 0.273. The van der Waals surface area contributed by atoms with Crippen molar-refractivity contribution in [3.8, 4) is 0 Å². The molecule has 2 aliphatic rings. The van der Waals surface area contributed by atoms with Gasteiger partial charge in [0.25, 0.3) is 5.91 Å². The lowest BCUT2D eigenvalue weighted by atomic mass is 9.82. The van der Waals surface area contributed by atoms with Crippen LogP contribution in [-0.4, -0.2) is 35.2 Å². The molecule has 7 heteroatoms. The second kappa shape index (κ2) is 8.06. The summed E-state index contributed by atoms with van der Waals surface area (Å²) in [4.78, 5) is 25.4. The standard InChI is InChI=1S/C22H23N3O4/c26-20(24-28)10-9-16-5-7-17(8-6-16)15-25-13-11-22(12-14-25)18-3-1-2-4-19(18)23-21(27)29-22/h1-10,28H,11-15H2,(H,23,27)(H,24,26). The number of carbonyl (C=O) groups excluding carboxylic acids is 2. The summed E-state index contributed by atoms with van der Waals surface area (Å²) >= 11 is 0. The number of piperidine rings is 1. The average molecular weight is 393 g/mol. The lowest BCUT2D eigenvalue weighted by Crippen LogP contribution is -2.48. The van der Waals surface area contributed by atoms with Crippen LogP contribution < -0.4 is 10.8 Å². The van der Waals surface area contributed by atoms with E-state index in [-0.39, 0.29) is 6.09 Å². The Labute approximate surface area is 168 Å². The number of nitrogens with zero attached hydrogens (tertiary/aromatic N) is 1. The number of hydrogen-bond donors (Lipinski definition) is 3. The van der Waals surface area contributed by atoms with E-state index in [2.05, 4.69) is 10.2 Å². The van der Waals surface area contributed by atoms with Crippen molar-refractivity contribution in [1.29, 1.82) is 0 Å². The molecular weight excluding hydrogens is 370 g/mol. The molecule has 3 N–H and O–H groups in total. The number of ether oxygens (including phenoxy) is 1. The van der Waals surface area contributed by atoms with Gasteiger partial charge in [-0.2, -0.15) is 0 Å². The number of anilines is 1. The number of amides is 2. The van der Waals surface area contributed by atoms with Gasteiger partial charge in [0.2, 0.25) is 0 Å². The summed E-state index contributed by atoms with van der Waals surface area (Å²) in [5.41, 5.74) is 4.98. The highest BCUT2D eigenvalue weighted by Crippen LogP contribution is 2.43. The van der Waals surface area contributed by atoms with Crippen molar-refractivity contribution in [3.05, 3.63) is 71.3 Å². The van der Waals surface area contributed by atoms with Crippen molar-refractivity contribution in [2.75, 3.05) is 18.4 Å². The summed E-state index contributed by atoms with van der Waals surface area (Å²) in [5, 5.41) is 11.3. The molecule has 0 atom stereocenters. The Morgan fingerprint density at radius 1 is 1.17 bits per heavy atom. The average Bonchev–Trinajstić information content (AvgIpc) is 2.74. The van der Waals surface area contributed by atoms with Gasteiger partial charge in [0.1, 0.15) is 5.60 Å². The molecule has 2 aromatic carbocycles. The van der Waals surface area contributed by atoms with Crippen LogP contribution in [0.2, 0.25) is 0 Å². The summed E-state index contributed by atoms with van der Waals surface area (Å²) in [7, 11) is 0. The van der Waals surface area contributed by atoms with Crippen LogP contribution in [0.25, 0.3) is 6.08 Å². The van der Waals surface area contributed by atoms with Gasteiger partial charge >= 0.3 is 6.09 Å². The first-order chi connectivity index (χ1) is 14.1. The highest BCUT2D eigenvalue weighted by Gasteiger charge is 2.44. The quantitative estimate of drug-likeness (QED) is 0.421. The predicted molar refractivity (Wildman–Crippen MR) is 108 cm³/mol. The molecule has 7 nitrogen and oxygen atoms in total. The van der Waals surface area contributed by atoms with Gasteiger partial charge in [0.15, 0.2) is 0 Å². The molecule has 1 fully saturated rings. The normalized spacial score (nSPS) is 18.2. The molecule has 0 saturated carbocycles. The monoisotopic (exact) mass is 393 g/mol. The third-order valence-electron chi connectivity index (χ3n) is 5.53. The largest absolute Gasteiger partial charge is 0.438 e. The van der Waals surface area contributed by atoms with Crippen LogP contribution in [0.4, 0.5) is 10.5 Å². The first-order valence-electron chi connectivity index (χ1n) is 9.61. The van der Waals surface area contributed by atoms with E-state index in [0.29, 0.717) is 0 Å². The third kappa shape index (κ3) is 4.16. The molecule has 0 unspecified atom stereocenters. The lowest BCUT2D eigenvalue weighted by Gasteiger charge is -2.44. The van der Waals surface area contributed by atoms with Crippen LogP contribution in [0.15, 0.2) is 54.6 Å². The molecule has 29 heavy (non-hydrogen) atoms. The van der Waals surface area contributed by atoms with Gasteiger partial charge in [-0.3, -0.25) is 20.2 Å². The summed E-state index contributed by atoms with van der Waals surface area (Å²) in [5.74, 6) is -0.559. The molecule has 0 bridgehead atoms. The zero-order chi connectivity index (χ0) is 20.3. The van der Waals surface area contributed by atoms with Crippen LogP contribution >= 0.6 is 0 Å². The topological polar surface area (TPSA) is 90.9 Å². The SMILES string of the molecule is O=C(C=Cc1ccc(CN2CCC3(CC2)OC(=O)Nc2ccccc23)cc1)NO. The number of likely N-dealkylation sites (tertiary alicyclic amines) is 1. The Morgan fingerprint density at radius 2 is 1.90 bits per heavy atom. The van der Waals surface area contributed by atoms with E-state index in [9.17, 15) is 9.59 Å². The van der Waals surface area contributed by atoms with Crippen molar-refractivity contribution in [2.24, 2.45) is 0 Å². The smallest absolute Gasteiger partial charge is 0.412 e. The van der Waals surface area contributed by atoms with Crippen molar-refractivity contribution in [1.82, 2.24) is 10.4 Å². The minimum Gasteiger partial charge on any atom is -0.438 e. The van der Waals surface area contributed by atoms with E-state index in [1.807, 2.05) is 48.5 Å². The third-order valence-corrected chi connectivity index (χ3v) is 5.53. The number of carbonyl (C=O) groups is 2. The maximum atomic E-state index is 12.0. The van der Waals surface area contributed by atoms with Crippen LogP contribution in [0.5, 0.6) is 0 Å². The van der Waals surface area contributed by atoms with Crippen LogP contribution in [0, 0.1) is 0 Å². The van der Waals surface area contributed by atoms with Crippen LogP contribution in [0.3, 0.4) is 0 Å². The number of rotatable bonds is 4. The van der Waals surface area contributed by atoms with E-state index >= 15 is 0 Å². The highest BCUT2D eigenvalue weighted by molar-refractivity contribution is 5.90. The Balaban J connectivity index is 1.39. The summed E-state index contributed by atoms with van der Waals surface area (Å²) in [6, 6.07) is 15.8. The van der Waals surface area contributed by atoms with Gasteiger partial charge in [-0.1, -0.05) is 42.5 Å². The molecule has 0 aliphatic carbocycles. The van der Waals surface area contributed by atoms with Gasteiger partial charge in [-0.25, -0.2) is 10.3 Å². The first-order valence-corrected chi connectivity index (χ1v) is 9.61. The van der Waals surface area contributed by atoms with E-state index in [1.54, 1.807) is 11.6 Å². The number of benzene rings is 2. The molecule has 1 spiro atoms. The Hall–Kier alpha value is -3.16. The Bertz CT molecular complexity index is 931. The predicted octanol–water partition coefficient (Wildman–Crippen LogP) is 3.26. The second-order valence-corrected chi connectivity index (χ2v) is 7.38. The molecule has 150 valence electrons. The molecule has 1 saturated heterocycles. The fourth-order valence-corrected chi connectivity index (χ4v) is 4.00. The highest BCUT2D eigenvalue weighted by atomic mass is 16.6. The zero-order valence-electron chi connectivity index (χ0n) is 15.9. The van der Waals surface area contributed by atoms with Gasteiger partial charge in [0, 0.05) is 44.1 Å². The van der Waals surface area contributed by atoms with Crippen molar-refractivity contribution in [2.45, 2.75) is 25.0 Å². The molecule has 2 aliphatic heterocycles. The van der Waals surface area contributed by atoms with Gasteiger partial charge in [-0.05, 0) is 23.3 Å². The second-order valence-electron chi connectivity index (χ2n) is 7.38. The summed E-state index contributed by atoms with van der Waals surface area (Å²) < 4.78 is 5.78. The van der Waals surface area contributed by atoms with Gasteiger partial charge < -0.3 is 4.74 Å². The maximum absolute atomic E-state index is 12.0. The summed E-state index contributed by atoms with van der Waals surface area (Å²) in [6.07, 6.45) is 4.05. The minimum absolute atomic E-state index is 0.379. The molecule has 0 radical (unpaired) electrons. The van der Waals surface area contributed by atoms with E-state index in [4.69, 9.17) is 9.94 Å². The van der Waals surface area contributed by atoms with Crippen molar-refractivity contribution in [3.63, 3.8) is 0 Å². The van der Waals surface area contributed by atoms with E-state index in [0.717, 1.165) is 49.3 Å².